The number of benzene rings is 2. The molecule has 0 unspecified atom stereocenters. The molecule has 8 nitrogen and oxygen atoms in total. The molecule has 0 bridgehead atoms. The van der Waals surface area contributed by atoms with Gasteiger partial charge >= 0.3 is 0 Å². The van der Waals surface area contributed by atoms with Gasteiger partial charge in [0.25, 0.3) is 0 Å². The fourth-order valence-electron chi connectivity index (χ4n) is 5.92. The smallest absolute Gasteiger partial charge is 0.243 e. The highest BCUT2D eigenvalue weighted by Gasteiger charge is 2.54. The van der Waals surface area contributed by atoms with Crippen LogP contribution in [0.2, 0.25) is 0 Å². The molecule has 10 heteroatoms. The number of carbonyl (C=O) groups excluding carboxylic acids is 1. The number of nitriles is 1. The van der Waals surface area contributed by atoms with Crippen LogP contribution in [0.1, 0.15) is 33.7 Å². The Hall–Kier alpha value is -4.20. The molecule has 2 aromatic heterocycles. The van der Waals surface area contributed by atoms with Crippen molar-refractivity contribution in [3.8, 4) is 11.8 Å². The summed E-state index contributed by atoms with van der Waals surface area (Å²) in [6.45, 7) is 0.231. The van der Waals surface area contributed by atoms with Crippen LogP contribution in [-0.2, 0) is 22.9 Å². The minimum atomic E-state index is -3.97. The molecule has 0 spiro atoms. The molecule has 3 heterocycles. The van der Waals surface area contributed by atoms with Crippen molar-refractivity contribution in [2.45, 2.75) is 24.2 Å². The number of fused-ring (bicyclic) bond motifs is 2. The summed E-state index contributed by atoms with van der Waals surface area (Å²) in [6.07, 6.45) is 4.55. The van der Waals surface area contributed by atoms with E-state index in [-0.39, 0.29) is 41.1 Å². The van der Waals surface area contributed by atoms with Gasteiger partial charge in [0.05, 0.1) is 33.8 Å². The van der Waals surface area contributed by atoms with Crippen LogP contribution >= 0.6 is 0 Å². The fraction of sp³-hybridized carbons (Fsp3) is 0.241. The van der Waals surface area contributed by atoms with Crippen LogP contribution in [0.3, 0.4) is 0 Å². The molecule has 39 heavy (non-hydrogen) atoms. The van der Waals surface area contributed by atoms with E-state index < -0.39 is 15.4 Å². The van der Waals surface area contributed by atoms with E-state index in [1.54, 1.807) is 59.5 Å². The lowest BCUT2D eigenvalue weighted by Crippen LogP contribution is -2.57. The summed E-state index contributed by atoms with van der Waals surface area (Å²) in [6, 6.07) is 19.2. The monoisotopic (exact) mass is 541 g/mol. The summed E-state index contributed by atoms with van der Waals surface area (Å²) in [7, 11) is -3.97. The summed E-state index contributed by atoms with van der Waals surface area (Å²) >= 11 is 0. The Bertz CT molecular complexity index is 1710. The van der Waals surface area contributed by atoms with Crippen molar-refractivity contribution in [3.05, 3.63) is 107 Å². The first-order valence-electron chi connectivity index (χ1n) is 12.6. The van der Waals surface area contributed by atoms with Crippen molar-refractivity contribution in [2.75, 3.05) is 13.1 Å². The van der Waals surface area contributed by atoms with Crippen molar-refractivity contribution in [3.63, 3.8) is 0 Å². The maximum Gasteiger partial charge on any atom is 0.243 e. The van der Waals surface area contributed by atoms with Gasteiger partial charge in [-0.1, -0.05) is 12.1 Å². The first-order chi connectivity index (χ1) is 18.8. The number of ketones is 1. The van der Waals surface area contributed by atoms with Gasteiger partial charge in [0.2, 0.25) is 10.0 Å². The van der Waals surface area contributed by atoms with Crippen molar-refractivity contribution >= 4 is 15.8 Å². The van der Waals surface area contributed by atoms with Gasteiger partial charge in [-0.15, -0.1) is 0 Å². The number of piperidine rings is 1. The number of hydrogen-bond acceptors (Lipinski definition) is 6. The largest absolute Gasteiger partial charge is 0.292 e. The number of halogens is 1. The summed E-state index contributed by atoms with van der Waals surface area (Å²) in [5.41, 5.74) is 2.01. The molecule has 2 aliphatic rings. The molecule has 6 rings (SSSR count). The average molecular weight is 542 g/mol. The summed E-state index contributed by atoms with van der Waals surface area (Å²) in [4.78, 5) is 18.5. The molecule has 2 aromatic carbocycles. The second-order valence-electron chi connectivity index (χ2n) is 10.0. The van der Waals surface area contributed by atoms with Crippen LogP contribution in [0.5, 0.6) is 0 Å². The molecule has 4 aromatic rings. The van der Waals surface area contributed by atoms with Crippen LogP contribution in [0.15, 0.2) is 84.0 Å². The highest BCUT2D eigenvalue weighted by molar-refractivity contribution is 7.89. The Kier molecular flexibility index (Phi) is 6.13. The third-order valence-electron chi connectivity index (χ3n) is 7.89. The average Bonchev–Trinajstić information content (AvgIpc) is 3.38. The van der Waals surface area contributed by atoms with E-state index in [4.69, 9.17) is 0 Å². The van der Waals surface area contributed by atoms with E-state index in [1.807, 2.05) is 6.07 Å². The Balaban J connectivity index is 1.42. The molecule has 196 valence electrons. The molecular formula is C29H24FN5O3S. The van der Waals surface area contributed by atoms with Crippen LogP contribution in [0.25, 0.3) is 5.69 Å². The lowest BCUT2D eigenvalue weighted by Gasteiger charge is -2.49. The van der Waals surface area contributed by atoms with Crippen LogP contribution in [0, 0.1) is 28.5 Å². The van der Waals surface area contributed by atoms with Gasteiger partial charge in [0.15, 0.2) is 5.78 Å². The predicted molar refractivity (Wildman–Crippen MR) is 140 cm³/mol. The number of carbonyl (C=O) groups is 1. The van der Waals surface area contributed by atoms with Crippen LogP contribution < -0.4 is 0 Å². The summed E-state index contributed by atoms with van der Waals surface area (Å²) < 4.78 is 44.2. The van der Waals surface area contributed by atoms with E-state index in [9.17, 15) is 22.9 Å². The highest BCUT2D eigenvalue weighted by atomic mass is 32.2. The minimum Gasteiger partial charge on any atom is -0.292 e. The molecule has 1 saturated heterocycles. The van der Waals surface area contributed by atoms with Crippen molar-refractivity contribution in [2.24, 2.45) is 11.3 Å². The highest BCUT2D eigenvalue weighted by Crippen LogP contribution is 2.48. The molecule has 0 radical (unpaired) electrons. The number of rotatable bonds is 5. The lowest BCUT2D eigenvalue weighted by atomic mass is 9.60. The lowest BCUT2D eigenvalue weighted by molar-refractivity contribution is 0.0394. The molecular weight excluding hydrogens is 517 g/mol. The van der Waals surface area contributed by atoms with Gasteiger partial charge in [-0.25, -0.2) is 17.5 Å². The molecule has 0 N–H and O–H groups in total. The zero-order chi connectivity index (χ0) is 27.2. The number of Topliss-reactive ketones (excluding diaryl/α,β-unsaturated/α-hetero) is 1. The van der Waals surface area contributed by atoms with Crippen molar-refractivity contribution in [1.29, 1.82) is 5.26 Å². The first kappa shape index (κ1) is 25.1. The Morgan fingerprint density at radius 2 is 1.92 bits per heavy atom. The minimum absolute atomic E-state index is 0.00659. The van der Waals surface area contributed by atoms with E-state index in [0.717, 1.165) is 16.9 Å². The summed E-state index contributed by atoms with van der Waals surface area (Å²) in [5, 5.41) is 13.8. The van der Waals surface area contributed by atoms with E-state index in [0.29, 0.717) is 25.0 Å². The molecule has 1 aliphatic heterocycles. The SMILES string of the molecule is N#Cc1cccc(S(=O)(=O)N2CC[C@H]3Cc4c(cnn4-c4ccc(F)cc4)C[C@]3(C(=O)c3ccccn3)C2)c1. The van der Waals surface area contributed by atoms with Crippen molar-refractivity contribution < 1.29 is 17.6 Å². The van der Waals surface area contributed by atoms with Gasteiger partial charge in [-0.3, -0.25) is 9.78 Å². The standard InChI is InChI=1S/C29H24FN5O3S/c30-23-7-9-24(10-8-23)35-27-15-22-11-13-34(39(37,38)25-5-3-4-20(14-25)17-31)19-29(22,16-21(27)18-33-35)28(36)26-6-1-2-12-32-26/h1-10,12,14,18,22H,11,13,15-16,19H2/t22-,29-/m0/s1. The van der Waals surface area contributed by atoms with Crippen LogP contribution in [-0.4, -0.2) is 46.4 Å². The topological polar surface area (TPSA) is 109 Å². The van der Waals surface area contributed by atoms with Crippen molar-refractivity contribution in [1.82, 2.24) is 19.1 Å². The van der Waals surface area contributed by atoms with E-state index in [1.165, 1.54) is 28.6 Å². The van der Waals surface area contributed by atoms with Crippen LogP contribution in [0.4, 0.5) is 4.39 Å². The second kappa shape index (κ2) is 9.52. The van der Waals surface area contributed by atoms with Gasteiger partial charge in [0.1, 0.15) is 11.5 Å². The van der Waals surface area contributed by atoms with Gasteiger partial charge in [-0.2, -0.15) is 14.7 Å². The molecule has 0 saturated carbocycles. The molecule has 2 atom stereocenters. The maximum atomic E-state index is 14.2. The van der Waals surface area contributed by atoms with Gasteiger partial charge in [0, 0.05) is 25.0 Å². The number of nitrogens with zero attached hydrogens (tertiary/aromatic N) is 5. The number of hydrogen-bond donors (Lipinski definition) is 0. The maximum absolute atomic E-state index is 14.2. The first-order valence-corrected chi connectivity index (χ1v) is 14.0. The van der Waals surface area contributed by atoms with Gasteiger partial charge < -0.3 is 0 Å². The Morgan fingerprint density at radius 3 is 2.67 bits per heavy atom. The zero-order valence-electron chi connectivity index (χ0n) is 20.9. The summed E-state index contributed by atoms with van der Waals surface area (Å²) in [5.74, 6) is -0.695. The third-order valence-corrected chi connectivity index (χ3v) is 9.73. The Labute approximate surface area is 225 Å². The third kappa shape index (κ3) is 4.24. The molecule has 0 amide bonds. The number of pyridine rings is 1. The number of aromatic nitrogens is 3. The second-order valence-corrected chi connectivity index (χ2v) is 12.0. The van der Waals surface area contributed by atoms with E-state index in [2.05, 4.69) is 10.1 Å². The van der Waals surface area contributed by atoms with Gasteiger partial charge in [-0.05, 0) is 85.3 Å². The fourth-order valence-corrected chi connectivity index (χ4v) is 7.49. The molecule has 1 fully saturated rings. The zero-order valence-corrected chi connectivity index (χ0v) is 21.7. The molecule has 1 aliphatic carbocycles. The quantitative estimate of drug-likeness (QED) is 0.354. The van der Waals surface area contributed by atoms with E-state index >= 15 is 0 Å². The Morgan fingerprint density at radius 1 is 1.10 bits per heavy atom. The number of sulfonamides is 1. The predicted octanol–water partition coefficient (Wildman–Crippen LogP) is 3.96. The normalized spacial score (nSPS) is 21.0.